The van der Waals surface area contributed by atoms with Crippen LogP contribution in [-0.4, -0.2) is 14.1 Å². The first-order valence-electron chi connectivity index (χ1n) is 27.4. The maximum absolute atomic E-state index is 7.10. The fourth-order valence-electron chi connectivity index (χ4n) is 11.3. The Morgan fingerprint density at radius 2 is 1.01 bits per heavy atom. The van der Waals surface area contributed by atoms with Crippen LogP contribution in [-0.2, 0) is 48.1 Å². The Morgan fingerprint density at radius 1 is 0.443 bits per heavy atom. The van der Waals surface area contributed by atoms with E-state index in [0.29, 0.717) is 11.5 Å². The van der Waals surface area contributed by atoms with Crippen LogP contribution < -0.4 is 9.30 Å². The summed E-state index contributed by atoms with van der Waals surface area (Å²) in [6.45, 7) is 27.6. The Hall–Kier alpha value is -7.59. The van der Waals surface area contributed by atoms with Crippen LogP contribution in [0.5, 0.6) is 11.5 Å². The van der Waals surface area contributed by atoms with Gasteiger partial charge in [0.2, 0.25) is 0 Å². The van der Waals surface area contributed by atoms with Crippen molar-refractivity contribution >= 4 is 21.8 Å². The van der Waals surface area contributed by atoms with E-state index in [1.807, 2.05) is 12.3 Å². The van der Waals surface area contributed by atoms with Gasteiger partial charge in [0.1, 0.15) is 5.82 Å². The predicted octanol–water partition coefficient (Wildman–Crippen LogP) is 17.7. The van der Waals surface area contributed by atoms with Gasteiger partial charge < -0.3 is 13.9 Å². The molecule has 0 radical (unpaired) electrons. The number of imidazole rings is 1. The van der Waals surface area contributed by atoms with Crippen LogP contribution in [0.3, 0.4) is 0 Å². The Bertz CT molecular complexity index is 3970. The molecule has 0 fully saturated rings. The molecule has 0 aliphatic carbocycles. The van der Waals surface area contributed by atoms with Crippen LogP contribution in [0.2, 0.25) is 0 Å². The van der Waals surface area contributed by atoms with Crippen LogP contribution in [0.15, 0.2) is 206 Å². The van der Waals surface area contributed by atoms with Gasteiger partial charge >= 0.3 is 0 Å². The molecule has 0 saturated heterocycles. The van der Waals surface area contributed by atoms with Crippen molar-refractivity contribution in [3.8, 4) is 39.8 Å². The van der Waals surface area contributed by atoms with Gasteiger partial charge in [-0.25, -0.2) is 4.98 Å². The molecule has 0 unspecified atom stereocenters. The van der Waals surface area contributed by atoms with Gasteiger partial charge in [-0.05, 0) is 91.2 Å². The molecule has 0 bridgehead atoms. The van der Waals surface area contributed by atoms with Gasteiger partial charge in [0.05, 0.1) is 17.1 Å². The molecule has 5 nitrogen and oxygen atoms in total. The van der Waals surface area contributed by atoms with E-state index in [2.05, 4.69) is 309 Å². The molecule has 0 saturated carbocycles. The fraction of sp³-hybridized carbons (Fsp3) is 0.233. The SMILES string of the molecule is CC(C)(C)c1cc(Oc2[c-]c3c(cc2)c2ccccc2n3-c2cc(C(C)(C)C)ccn2)[c-]c(-n2[c-][n+](-c3cc(-c4ccccc4)cc(C(C)(C)c4ccccc4)c3)c(C(C)(C)c3ccccc3)c2C(C)(C)c2ccccc2)c1.[Pt]. The minimum atomic E-state index is -0.565. The maximum atomic E-state index is 7.10. The van der Waals surface area contributed by atoms with Gasteiger partial charge in [0.25, 0.3) is 6.33 Å². The third-order valence-corrected chi connectivity index (χ3v) is 16.1. The third kappa shape index (κ3) is 10.4. The summed E-state index contributed by atoms with van der Waals surface area (Å²) >= 11 is 0. The van der Waals surface area contributed by atoms with Gasteiger partial charge in [-0.3, -0.25) is 4.57 Å². The first-order chi connectivity index (χ1) is 37.2. The van der Waals surface area contributed by atoms with Crippen molar-refractivity contribution < 1.29 is 30.4 Å². The number of hydrogen-bond donors (Lipinski definition) is 0. The fourth-order valence-corrected chi connectivity index (χ4v) is 11.3. The number of aromatic nitrogens is 4. The maximum Gasteiger partial charge on any atom is 0.267 e. The molecule has 0 N–H and O–H groups in total. The van der Waals surface area contributed by atoms with Crippen LogP contribution in [0.4, 0.5) is 0 Å². The summed E-state index contributed by atoms with van der Waals surface area (Å²) in [5, 5.41) is 2.21. The average Bonchev–Trinajstić information content (AvgIpc) is 4.17. The number of ether oxygens (including phenoxy) is 1. The van der Waals surface area contributed by atoms with Crippen molar-refractivity contribution in [1.82, 2.24) is 14.1 Å². The van der Waals surface area contributed by atoms with Crippen LogP contribution >= 0.6 is 0 Å². The van der Waals surface area contributed by atoms with Crippen molar-refractivity contribution in [3.05, 3.63) is 270 Å². The third-order valence-electron chi connectivity index (χ3n) is 16.1. The number of fused-ring (bicyclic) bond motifs is 3. The second-order valence-corrected chi connectivity index (χ2v) is 24.6. The number of benzene rings is 8. The first kappa shape index (κ1) is 54.8. The number of pyridine rings is 1. The topological polar surface area (TPSA) is 35.9 Å². The second kappa shape index (κ2) is 20.9. The van der Waals surface area contributed by atoms with E-state index < -0.39 is 10.8 Å². The Morgan fingerprint density at radius 3 is 1.63 bits per heavy atom. The molecule has 0 atom stereocenters. The summed E-state index contributed by atoms with van der Waals surface area (Å²) in [5.41, 5.74) is 13.6. The van der Waals surface area contributed by atoms with E-state index in [4.69, 9.17) is 9.72 Å². The normalized spacial score (nSPS) is 12.5. The zero-order valence-corrected chi connectivity index (χ0v) is 49.9. The van der Waals surface area contributed by atoms with Crippen LogP contribution in [0.1, 0.15) is 128 Å². The molecule has 0 amide bonds. The zero-order chi connectivity index (χ0) is 54.8. The van der Waals surface area contributed by atoms with Crippen LogP contribution in [0, 0.1) is 18.5 Å². The van der Waals surface area contributed by atoms with E-state index in [1.54, 1.807) is 0 Å². The van der Waals surface area contributed by atoms with Gasteiger partial charge in [-0.1, -0.05) is 234 Å². The van der Waals surface area contributed by atoms with E-state index in [-0.39, 0.29) is 37.3 Å². The first-order valence-corrected chi connectivity index (χ1v) is 27.4. The average molecular weight is 1210 g/mol. The van der Waals surface area contributed by atoms with Crippen molar-refractivity contribution in [2.75, 3.05) is 0 Å². The van der Waals surface area contributed by atoms with Gasteiger partial charge in [0.15, 0.2) is 0 Å². The standard InChI is InChI=1S/C73H70N4O.Pt/c1-69(2,3)55-39-40-74-66(46-55)77-64-36-26-25-35-62(64)63-38-37-60(48-65(63)77)78-61-45-56(70(4,5)6)43-59(47-61)76-49-75(67(72(9,10)53-31-21-15-22-32-53)68(76)73(11,12)54-33-23-16-24-34-54)58-42-51(50-27-17-13-18-28-50)41-57(44-58)71(7,8)52-29-19-14-20-30-52;/h13-46H,1-12H3;/q-2;. The smallest absolute Gasteiger partial charge is 0.267 e. The minimum absolute atomic E-state index is 0. The van der Waals surface area contributed by atoms with Crippen molar-refractivity contribution in [2.45, 2.75) is 110 Å². The molecule has 8 aromatic carbocycles. The van der Waals surface area contributed by atoms with E-state index in [0.717, 1.165) is 67.1 Å². The van der Waals surface area contributed by atoms with E-state index in [9.17, 15) is 0 Å². The zero-order valence-electron chi connectivity index (χ0n) is 47.6. The summed E-state index contributed by atoms with van der Waals surface area (Å²) < 4.78 is 14.0. The van der Waals surface area contributed by atoms with Crippen molar-refractivity contribution in [3.63, 3.8) is 0 Å². The molecular formula is C73H70N4OPt-2. The minimum Gasteiger partial charge on any atom is -0.510 e. The van der Waals surface area contributed by atoms with E-state index in [1.165, 1.54) is 27.8 Å². The predicted molar refractivity (Wildman–Crippen MR) is 321 cm³/mol. The van der Waals surface area contributed by atoms with Crippen molar-refractivity contribution in [2.24, 2.45) is 0 Å². The van der Waals surface area contributed by atoms with Gasteiger partial charge in [0, 0.05) is 60.5 Å². The Kier molecular flexibility index (Phi) is 14.5. The van der Waals surface area contributed by atoms with Gasteiger partial charge in [-0.15, -0.1) is 29.7 Å². The molecule has 0 aliphatic rings. The van der Waals surface area contributed by atoms with Crippen LogP contribution in [0.25, 0.3) is 50.1 Å². The molecule has 400 valence electrons. The molecule has 0 spiro atoms. The number of hydrogen-bond acceptors (Lipinski definition) is 2. The molecule has 79 heavy (non-hydrogen) atoms. The monoisotopic (exact) mass is 1210 g/mol. The summed E-state index contributed by atoms with van der Waals surface area (Å²) in [6.07, 6.45) is 6.02. The number of rotatable bonds is 12. The van der Waals surface area contributed by atoms with E-state index >= 15 is 0 Å². The molecule has 6 heteroatoms. The molecule has 3 heterocycles. The molecule has 3 aromatic heterocycles. The van der Waals surface area contributed by atoms with Crippen molar-refractivity contribution in [1.29, 1.82) is 0 Å². The quantitative estimate of drug-likeness (QED) is 0.0903. The molecule has 0 aliphatic heterocycles. The largest absolute Gasteiger partial charge is 0.510 e. The summed E-state index contributed by atoms with van der Waals surface area (Å²) in [7, 11) is 0. The Labute approximate surface area is 482 Å². The number of para-hydroxylation sites is 1. The number of nitrogens with zero attached hydrogens (tertiary/aromatic N) is 4. The summed E-state index contributed by atoms with van der Waals surface area (Å²) in [5.74, 6) is 2.01. The molecular weight excluding hydrogens is 1140 g/mol. The summed E-state index contributed by atoms with van der Waals surface area (Å²) in [6, 6.07) is 79.6. The Balaban J connectivity index is 0.00000704. The molecule has 11 rings (SSSR count). The molecule has 11 aromatic rings. The van der Waals surface area contributed by atoms with Gasteiger partial charge in [-0.2, -0.15) is 17.7 Å². The summed E-state index contributed by atoms with van der Waals surface area (Å²) in [4.78, 5) is 4.95. The second-order valence-electron chi connectivity index (χ2n) is 24.6.